The second-order valence-corrected chi connectivity index (χ2v) is 8.13. The number of piperazine rings is 1. The zero-order valence-electron chi connectivity index (χ0n) is 14.6. The van der Waals surface area contributed by atoms with Gasteiger partial charge in [0, 0.05) is 42.7 Å². The summed E-state index contributed by atoms with van der Waals surface area (Å²) in [5.74, 6) is 1.36. The largest absolute Gasteiger partial charge is 0.349 e. The van der Waals surface area contributed by atoms with Crippen LogP contribution in [0.4, 0.5) is 5.82 Å². The van der Waals surface area contributed by atoms with Gasteiger partial charge in [-0.3, -0.25) is 4.79 Å². The summed E-state index contributed by atoms with van der Waals surface area (Å²) in [5, 5.41) is 9.52. The molecular formula is C17H22ClN5OS. The van der Waals surface area contributed by atoms with Crippen LogP contribution in [-0.2, 0) is 11.2 Å². The third kappa shape index (κ3) is 4.27. The molecule has 0 unspecified atom stereocenters. The van der Waals surface area contributed by atoms with Crippen LogP contribution in [0.15, 0.2) is 18.3 Å². The number of carbonyl (C=O) groups is 1. The first kappa shape index (κ1) is 18.1. The predicted molar refractivity (Wildman–Crippen MR) is 100 cm³/mol. The SMILES string of the molecule is CC(C)c1ncc(CC(=O)N2CCN(c3ccc(Cl)nn3)[C@H](C)C2)s1. The molecule has 3 rings (SSSR count). The van der Waals surface area contributed by atoms with Crippen molar-refractivity contribution >= 4 is 34.7 Å². The van der Waals surface area contributed by atoms with Gasteiger partial charge in [0.25, 0.3) is 0 Å². The van der Waals surface area contributed by atoms with Crippen LogP contribution >= 0.6 is 22.9 Å². The van der Waals surface area contributed by atoms with Gasteiger partial charge in [-0.1, -0.05) is 25.4 Å². The first-order valence-corrected chi connectivity index (χ1v) is 9.61. The van der Waals surface area contributed by atoms with E-state index in [-0.39, 0.29) is 11.9 Å². The monoisotopic (exact) mass is 379 g/mol. The number of anilines is 1. The molecule has 1 saturated heterocycles. The molecule has 1 aliphatic heterocycles. The maximum atomic E-state index is 12.6. The Bertz CT molecular complexity index is 733. The Balaban J connectivity index is 1.59. The Labute approximate surface area is 156 Å². The lowest BCUT2D eigenvalue weighted by molar-refractivity contribution is -0.131. The van der Waals surface area contributed by atoms with Crippen LogP contribution in [0, 0.1) is 0 Å². The minimum atomic E-state index is 0.160. The van der Waals surface area contributed by atoms with Crippen LogP contribution in [0.25, 0.3) is 0 Å². The molecule has 1 amide bonds. The maximum Gasteiger partial charge on any atom is 0.228 e. The molecule has 0 N–H and O–H groups in total. The third-order valence-corrected chi connectivity index (χ3v) is 5.78. The molecule has 1 atom stereocenters. The van der Waals surface area contributed by atoms with Crippen LogP contribution in [-0.4, -0.2) is 51.7 Å². The molecule has 0 aromatic carbocycles. The van der Waals surface area contributed by atoms with Crippen molar-refractivity contribution in [1.82, 2.24) is 20.1 Å². The van der Waals surface area contributed by atoms with Gasteiger partial charge in [-0.15, -0.1) is 21.5 Å². The summed E-state index contributed by atoms with van der Waals surface area (Å²) in [6.45, 7) is 8.43. The van der Waals surface area contributed by atoms with Crippen LogP contribution in [0.2, 0.25) is 5.15 Å². The topological polar surface area (TPSA) is 62.2 Å². The van der Waals surface area contributed by atoms with Crippen molar-refractivity contribution in [3.8, 4) is 0 Å². The summed E-state index contributed by atoms with van der Waals surface area (Å²) < 4.78 is 0. The zero-order valence-corrected chi connectivity index (χ0v) is 16.2. The first-order chi connectivity index (χ1) is 11.9. The minimum absolute atomic E-state index is 0.160. The van der Waals surface area contributed by atoms with Gasteiger partial charge in [-0.2, -0.15) is 0 Å². The molecule has 0 radical (unpaired) electrons. The lowest BCUT2D eigenvalue weighted by atomic mass is 10.1. The van der Waals surface area contributed by atoms with E-state index >= 15 is 0 Å². The highest BCUT2D eigenvalue weighted by molar-refractivity contribution is 7.11. The molecule has 25 heavy (non-hydrogen) atoms. The van der Waals surface area contributed by atoms with E-state index in [0.717, 1.165) is 22.2 Å². The fraction of sp³-hybridized carbons (Fsp3) is 0.529. The maximum absolute atomic E-state index is 12.6. The molecule has 3 heterocycles. The summed E-state index contributed by atoms with van der Waals surface area (Å²) in [4.78, 5) is 22.1. The van der Waals surface area contributed by atoms with E-state index in [4.69, 9.17) is 11.6 Å². The number of rotatable bonds is 4. The van der Waals surface area contributed by atoms with Crippen LogP contribution in [0.3, 0.4) is 0 Å². The molecular weight excluding hydrogens is 358 g/mol. The van der Waals surface area contributed by atoms with E-state index in [1.54, 1.807) is 17.4 Å². The molecule has 134 valence electrons. The highest BCUT2D eigenvalue weighted by Crippen LogP contribution is 2.23. The number of carbonyl (C=O) groups excluding carboxylic acids is 1. The fourth-order valence-electron chi connectivity index (χ4n) is 2.92. The van der Waals surface area contributed by atoms with Crippen molar-refractivity contribution in [1.29, 1.82) is 0 Å². The summed E-state index contributed by atoms with van der Waals surface area (Å²) in [6.07, 6.45) is 2.26. The number of amides is 1. The molecule has 6 nitrogen and oxygen atoms in total. The van der Waals surface area contributed by atoms with E-state index in [0.29, 0.717) is 30.6 Å². The highest BCUT2D eigenvalue weighted by Gasteiger charge is 2.28. The van der Waals surface area contributed by atoms with Crippen molar-refractivity contribution < 1.29 is 4.79 Å². The molecule has 2 aromatic heterocycles. The molecule has 8 heteroatoms. The molecule has 1 fully saturated rings. The van der Waals surface area contributed by atoms with Crippen molar-refractivity contribution in [2.45, 2.75) is 39.2 Å². The van der Waals surface area contributed by atoms with Crippen molar-refractivity contribution in [2.24, 2.45) is 0 Å². The van der Waals surface area contributed by atoms with E-state index in [1.807, 2.05) is 17.2 Å². The molecule has 2 aromatic rings. The Kier molecular flexibility index (Phi) is 5.54. The summed E-state index contributed by atoms with van der Waals surface area (Å²) in [5.41, 5.74) is 0. The van der Waals surface area contributed by atoms with Crippen molar-refractivity contribution in [3.05, 3.63) is 33.4 Å². The molecule has 0 aliphatic carbocycles. The Morgan fingerprint density at radius 3 is 2.76 bits per heavy atom. The van der Waals surface area contributed by atoms with Gasteiger partial charge in [0.05, 0.1) is 11.4 Å². The standard InChI is InChI=1S/C17H22ClN5OS/c1-11(2)17-19-9-13(25-17)8-16(24)22-6-7-23(12(3)10-22)15-5-4-14(18)20-21-15/h4-5,9,11-12H,6-8,10H2,1-3H3/t12-/m1/s1. The fourth-order valence-corrected chi connectivity index (χ4v) is 3.93. The van der Waals surface area contributed by atoms with Crippen LogP contribution in [0.1, 0.15) is 36.6 Å². The smallest absolute Gasteiger partial charge is 0.228 e. The highest BCUT2D eigenvalue weighted by atomic mass is 35.5. The lowest BCUT2D eigenvalue weighted by Gasteiger charge is -2.40. The number of halogens is 1. The quantitative estimate of drug-likeness (QED) is 0.817. The van der Waals surface area contributed by atoms with Gasteiger partial charge in [-0.05, 0) is 19.1 Å². The lowest BCUT2D eigenvalue weighted by Crippen LogP contribution is -2.54. The second-order valence-electron chi connectivity index (χ2n) is 6.59. The van der Waals surface area contributed by atoms with Crippen LogP contribution in [0.5, 0.6) is 0 Å². The number of thiazole rings is 1. The molecule has 0 spiro atoms. The van der Waals surface area contributed by atoms with Crippen molar-refractivity contribution in [2.75, 3.05) is 24.5 Å². The van der Waals surface area contributed by atoms with E-state index < -0.39 is 0 Å². The van der Waals surface area contributed by atoms with Gasteiger partial charge in [0.1, 0.15) is 0 Å². The normalized spacial score (nSPS) is 18.0. The summed E-state index contributed by atoms with van der Waals surface area (Å²) >= 11 is 7.43. The van der Waals surface area contributed by atoms with Gasteiger partial charge in [-0.25, -0.2) is 4.98 Å². The van der Waals surface area contributed by atoms with Gasteiger partial charge < -0.3 is 9.80 Å². The Morgan fingerprint density at radius 1 is 1.36 bits per heavy atom. The molecule has 0 bridgehead atoms. The summed E-state index contributed by atoms with van der Waals surface area (Å²) in [6, 6.07) is 3.79. The number of hydrogen-bond acceptors (Lipinski definition) is 6. The average molecular weight is 380 g/mol. The first-order valence-electron chi connectivity index (χ1n) is 8.42. The Hall–Kier alpha value is -1.73. The third-order valence-electron chi connectivity index (χ3n) is 4.28. The second kappa shape index (κ2) is 7.66. The van der Waals surface area contributed by atoms with Gasteiger partial charge in [0.15, 0.2) is 11.0 Å². The Morgan fingerprint density at radius 2 is 2.16 bits per heavy atom. The van der Waals surface area contributed by atoms with Crippen LogP contribution < -0.4 is 4.90 Å². The number of aromatic nitrogens is 3. The summed E-state index contributed by atoms with van der Waals surface area (Å²) in [7, 11) is 0. The van der Waals surface area contributed by atoms with E-state index in [9.17, 15) is 4.79 Å². The minimum Gasteiger partial charge on any atom is -0.349 e. The average Bonchev–Trinajstić information content (AvgIpc) is 3.04. The molecule has 1 aliphatic rings. The number of hydrogen-bond donors (Lipinski definition) is 0. The van der Waals surface area contributed by atoms with Gasteiger partial charge in [0.2, 0.25) is 5.91 Å². The van der Waals surface area contributed by atoms with E-state index in [1.165, 1.54) is 0 Å². The van der Waals surface area contributed by atoms with Gasteiger partial charge >= 0.3 is 0 Å². The zero-order chi connectivity index (χ0) is 18.0. The predicted octanol–water partition coefficient (Wildman–Crippen LogP) is 2.99. The van der Waals surface area contributed by atoms with Crippen molar-refractivity contribution in [3.63, 3.8) is 0 Å². The number of nitrogens with zero attached hydrogens (tertiary/aromatic N) is 5. The van der Waals surface area contributed by atoms with E-state index in [2.05, 4.69) is 40.9 Å². The molecule has 0 saturated carbocycles.